The molecule has 0 fully saturated rings. The number of allylic oxidation sites excluding steroid dienone is 1. The molecule has 4 heteroatoms. The van der Waals surface area contributed by atoms with Crippen LogP contribution in [0.15, 0.2) is 35.9 Å². The summed E-state index contributed by atoms with van der Waals surface area (Å²) >= 11 is 0. The average Bonchev–Trinajstić information content (AvgIpc) is 2.55. The zero-order valence-corrected chi connectivity index (χ0v) is 13.9. The minimum Gasteiger partial charge on any atom is -0.326 e. The maximum absolute atomic E-state index is 11.9. The SMILES string of the molecule is CC(=O)c1cccc(NC(=O)CCNCCC2=CCCCC2)c1. The van der Waals surface area contributed by atoms with Crippen LogP contribution in [0, 0.1) is 0 Å². The standard InChI is InChI=1S/C19H26N2O2/c1-15(22)17-8-5-9-18(14-17)21-19(23)11-13-20-12-10-16-6-3-2-4-7-16/h5-6,8-9,14,20H,2-4,7,10-13H2,1H3,(H,21,23). The average molecular weight is 314 g/mol. The number of nitrogens with one attached hydrogen (secondary N) is 2. The highest BCUT2D eigenvalue weighted by atomic mass is 16.1. The summed E-state index contributed by atoms with van der Waals surface area (Å²) in [6.07, 6.45) is 8.97. The van der Waals surface area contributed by atoms with Crippen molar-refractivity contribution in [2.75, 3.05) is 18.4 Å². The molecular weight excluding hydrogens is 288 g/mol. The molecule has 0 unspecified atom stereocenters. The second-order valence-corrected chi connectivity index (χ2v) is 6.04. The van der Waals surface area contributed by atoms with Crippen molar-refractivity contribution in [3.05, 3.63) is 41.5 Å². The molecule has 0 bridgehead atoms. The molecule has 0 saturated heterocycles. The fraction of sp³-hybridized carbons (Fsp3) is 0.474. The van der Waals surface area contributed by atoms with Crippen LogP contribution in [-0.2, 0) is 4.79 Å². The highest BCUT2D eigenvalue weighted by molar-refractivity contribution is 5.97. The lowest BCUT2D eigenvalue weighted by atomic mass is 9.97. The number of rotatable bonds is 8. The van der Waals surface area contributed by atoms with Crippen molar-refractivity contribution in [3.63, 3.8) is 0 Å². The quantitative estimate of drug-likeness (QED) is 0.437. The Morgan fingerprint density at radius 2 is 2.04 bits per heavy atom. The number of benzene rings is 1. The molecule has 0 radical (unpaired) electrons. The molecule has 1 aliphatic carbocycles. The van der Waals surface area contributed by atoms with E-state index in [1.165, 1.54) is 32.6 Å². The molecule has 1 aromatic rings. The van der Waals surface area contributed by atoms with Gasteiger partial charge in [0.25, 0.3) is 0 Å². The lowest BCUT2D eigenvalue weighted by molar-refractivity contribution is -0.116. The van der Waals surface area contributed by atoms with Gasteiger partial charge in [0.15, 0.2) is 5.78 Å². The van der Waals surface area contributed by atoms with Crippen molar-refractivity contribution < 1.29 is 9.59 Å². The Hall–Kier alpha value is -1.94. The summed E-state index contributed by atoms with van der Waals surface area (Å²) in [6, 6.07) is 7.04. The third-order valence-electron chi connectivity index (χ3n) is 4.09. The first-order valence-electron chi connectivity index (χ1n) is 8.44. The number of carbonyl (C=O) groups excluding carboxylic acids is 2. The van der Waals surface area contributed by atoms with E-state index in [2.05, 4.69) is 16.7 Å². The zero-order chi connectivity index (χ0) is 16.5. The van der Waals surface area contributed by atoms with Crippen LogP contribution in [0.2, 0.25) is 0 Å². The first kappa shape index (κ1) is 17.4. The van der Waals surface area contributed by atoms with E-state index in [-0.39, 0.29) is 11.7 Å². The summed E-state index contributed by atoms with van der Waals surface area (Å²) in [5, 5.41) is 6.16. The van der Waals surface area contributed by atoms with Crippen molar-refractivity contribution in [1.29, 1.82) is 0 Å². The third kappa shape index (κ3) is 6.37. The summed E-state index contributed by atoms with van der Waals surface area (Å²) in [6.45, 7) is 3.12. The number of amides is 1. The Labute approximate surface area is 138 Å². The van der Waals surface area contributed by atoms with Gasteiger partial charge in [0, 0.05) is 24.2 Å². The maximum atomic E-state index is 11.9. The summed E-state index contributed by atoms with van der Waals surface area (Å²) in [5.41, 5.74) is 2.84. The molecule has 0 spiro atoms. The second kappa shape index (κ2) is 9.26. The summed E-state index contributed by atoms with van der Waals surface area (Å²) in [5.74, 6) is -0.0325. The number of hydrogen-bond donors (Lipinski definition) is 2. The molecule has 2 rings (SSSR count). The molecule has 0 aromatic heterocycles. The minimum atomic E-state index is -0.0323. The van der Waals surface area contributed by atoms with E-state index in [9.17, 15) is 9.59 Å². The van der Waals surface area contributed by atoms with E-state index in [1.807, 2.05) is 0 Å². The van der Waals surface area contributed by atoms with Crippen molar-refractivity contribution in [3.8, 4) is 0 Å². The fourth-order valence-electron chi connectivity index (χ4n) is 2.75. The predicted octanol–water partition coefficient (Wildman–Crippen LogP) is 3.70. The van der Waals surface area contributed by atoms with Gasteiger partial charge in [-0.3, -0.25) is 9.59 Å². The van der Waals surface area contributed by atoms with Crippen LogP contribution in [0.25, 0.3) is 0 Å². The van der Waals surface area contributed by atoms with Gasteiger partial charge in [0.1, 0.15) is 0 Å². The van der Waals surface area contributed by atoms with Gasteiger partial charge in [-0.2, -0.15) is 0 Å². The third-order valence-corrected chi connectivity index (χ3v) is 4.09. The van der Waals surface area contributed by atoms with Gasteiger partial charge in [0.05, 0.1) is 0 Å². The van der Waals surface area contributed by atoms with Crippen molar-refractivity contribution in [1.82, 2.24) is 5.32 Å². The summed E-state index contributed by atoms with van der Waals surface area (Å²) in [4.78, 5) is 23.2. The highest BCUT2D eigenvalue weighted by Crippen LogP contribution is 2.19. The smallest absolute Gasteiger partial charge is 0.225 e. The van der Waals surface area contributed by atoms with Gasteiger partial charge in [0.2, 0.25) is 5.91 Å². The molecular formula is C19H26N2O2. The van der Waals surface area contributed by atoms with E-state index >= 15 is 0 Å². The molecule has 1 aromatic carbocycles. The van der Waals surface area contributed by atoms with E-state index in [4.69, 9.17) is 0 Å². The number of anilines is 1. The lowest BCUT2D eigenvalue weighted by Crippen LogP contribution is -2.23. The van der Waals surface area contributed by atoms with Crippen LogP contribution in [0.1, 0.15) is 55.8 Å². The van der Waals surface area contributed by atoms with E-state index in [1.54, 1.807) is 29.8 Å². The van der Waals surface area contributed by atoms with Crippen LogP contribution in [0.5, 0.6) is 0 Å². The van der Waals surface area contributed by atoms with E-state index < -0.39 is 0 Å². The highest BCUT2D eigenvalue weighted by Gasteiger charge is 2.06. The number of hydrogen-bond acceptors (Lipinski definition) is 3. The first-order valence-corrected chi connectivity index (χ1v) is 8.44. The predicted molar refractivity (Wildman–Crippen MR) is 93.7 cm³/mol. The van der Waals surface area contributed by atoms with Gasteiger partial charge in [-0.1, -0.05) is 23.8 Å². The van der Waals surface area contributed by atoms with Gasteiger partial charge in [-0.25, -0.2) is 0 Å². The van der Waals surface area contributed by atoms with E-state index in [0.717, 1.165) is 13.0 Å². The molecule has 0 saturated carbocycles. The number of ketones is 1. The van der Waals surface area contributed by atoms with Gasteiger partial charge in [-0.15, -0.1) is 0 Å². The van der Waals surface area contributed by atoms with Crippen molar-refractivity contribution in [2.45, 2.75) is 45.4 Å². The Morgan fingerprint density at radius 3 is 2.78 bits per heavy atom. The monoisotopic (exact) mass is 314 g/mol. The Balaban J connectivity index is 1.64. The number of carbonyl (C=O) groups is 2. The molecule has 4 nitrogen and oxygen atoms in total. The lowest BCUT2D eigenvalue weighted by Gasteiger charge is -2.13. The van der Waals surface area contributed by atoms with Crippen LogP contribution < -0.4 is 10.6 Å². The molecule has 1 aliphatic rings. The van der Waals surface area contributed by atoms with Crippen LogP contribution >= 0.6 is 0 Å². The van der Waals surface area contributed by atoms with Gasteiger partial charge < -0.3 is 10.6 Å². The Kier molecular flexibility index (Phi) is 7.01. The Bertz CT molecular complexity index is 578. The molecule has 0 heterocycles. The fourth-order valence-corrected chi connectivity index (χ4v) is 2.75. The Morgan fingerprint density at radius 1 is 1.17 bits per heavy atom. The summed E-state index contributed by atoms with van der Waals surface area (Å²) in [7, 11) is 0. The largest absolute Gasteiger partial charge is 0.326 e. The zero-order valence-electron chi connectivity index (χ0n) is 13.9. The van der Waals surface area contributed by atoms with Gasteiger partial charge in [-0.05, 0) is 57.7 Å². The molecule has 124 valence electrons. The van der Waals surface area contributed by atoms with Crippen LogP contribution in [0.3, 0.4) is 0 Å². The molecule has 0 aliphatic heterocycles. The van der Waals surface area contributed by atoms with Crippen LogP contribution in [-0.4, -0.2) is 24.8 Å². The topological polar surface area (TPSA) is 58.2 Å². The van der Waals surface area contributed by atoms with Crippen LogP contribution in [0.4, 0.5) is 5.69 Å². The molecule has 2 N–H and O–H groups in total. The normalized spacial score (nSPS) is 14.2. The second-order valence-electron chi connectivity index (χ2n) is 6.04. The van der Waals surface area contributed by atoms with Gasteiger partial charge >= 0.3 is 0 Å². The molecule has 1 amide bonds. The van der Waals surface area contributed by atoms with E-state index in [0.29, 0.717) is 24.2 Å². The minimum absolute atomic E-state index is 0.000201. The molecule has 23 heavy (non-hydrogen) atoms. The van der Waals surface area contributed by atoms with Crippen molar-refractivity contribution in [2.24, 2.45) is 0 Å². The number of Topliss-reactive ketones (excluding diaryl/α,β-unsaturated/α-hetero) is 1. The van der Waals surface area contributed by atoms with Crippen molar-refractivity contribution >= 4 is 17.4 Å². The maximum Gasteiger partial charge on any atom is 0.225 e. The molecule has 0 atom stereocenters. The summed E-state index contributed by atoms with van der Waals surface area (Å²) < 4.78 is 0. The first-order chi connectivity index (χ1) is 11.1.